The number of nitrogens with one attached hydrogen (secondary N) is 2. The van der Waals surface area contributed by atoms with E-state index in [9.17, 15) is 9.59 Å². The Morgan fingerprint density at radius 1 is 1.22 bits per heavy atom. The predicted octanol–water partition coefficient (Wildman–Crippen LogP) is 4.51. The molecule has 0 spiro atoms. The fraction of sp³-hybridized carbons (Fsp3) is 0.250. The van der Waals surface area contributed by atoms with Crippen molar-refractivity contribution in [3.8, 4) is 0 Å². The molecule has 2 N–H and O–H groups in total. The highest BCUT2D eigenvalue weighted by Crippen LogP contribution is 2.28. The molecule has 2 amide bonds. The average Bonchev–Trinajstić information content (AvgIpc) is 2.94. The van der Waals surface area contributed by atoms with E-state index in [0.717, 1.165) is 28.1 Å². The van der Waals surface area contributed by atoms with Crippen LogP contribution >= 0.6 is 23.4 Å². The van der Waals surface area contributed by atoms with Crippen LogP contribution in [0.4, 0.5) is 11.4 Å². The van der Waals surface area contributed by atoms with Gasteiger partial charge < -0.3 is 10.6 Å². The number of hydrogen-bond acceptors (Lipinski definition) is 4. The molecule has 2 aromatic carbocycles. The molecule has 1 aliphatic heterocycles. The number of hydrogen-bond donors (Lipinski definition) is 2. The maximum Gasteiger partial charge on any atom is 0.240 e. The van der Waals surface area contributed by atoms with Gasteiger partial charge in [0.25, 0.3) is 0 Å². The largest absolute Gasteiger partial charge is 0.326 e. The second kappa shape index (κ2) is 8.15. The number of amides is 2. The SMILES string of the molecule is Cc1cc(Cl)ccc1N=C1NC(=O)[C@H](CC(=O)Nc2cccc(C)c2C)S1. The number of halogens is 1. The van der Waals surface area contributed by atoms with Crippen LogP contribution in [0.15, 0.2) is 41.4 Å². The van der Waals surface area contributed by atoms with Gasteiger partial charge in [-0.1, -0.05) is 35.5 Å². The number of rotatable bonds is 4. The van der Waals surface area contributed by atoms with Gasteiger partial charge in [-0.25, -0.2) is 4.99 Å². The van der Waals surface area contributed by atoms with Crippen molar-refractivity contribution in [2.45, 2.75) is 32.4 Å². The highest BCUT2D eigenvalue weighted by molar-refractivity contribution is 8.15. The van der Waals surface area contributed by atoms with Crippen LogP contribution in [0.1, 0.15) is 23.1 Å². The molecule has 5 nitrogen and oxygen atoms in total. The first-order chi connectivity index (χ1) is 12.8. The number of nitrogens with zero attached hydrogens (tertiary/aromatic N) is 1. The summed E-state index contributed by atoms with van der Waals surface area (Å²) in [6.07, 6.45) is 0.0858. The lowest BCUT2D eigenvalue weighted by Crippen LogP contribution is -2.28. The third-order valence-electron chi connectivity index (χ3n) is 4.41. The first-order valence-electron chi connectivity index (χ1n) is 8.52. The molecule has 1 heterocycles. The fourth-order valence-electron chi connectivity index (χ4n) is 2.70. The number of benzene rings is 2. The number of thioether (sulfide) groups is 1. The number of anilines is 1. The molecule has 0 radical (unpaired) electrons. The van der Waals surface area contributed by atoms with Gasteiger partial charge in [-0.05, 0) is 61.7 Å². The van der Waals surface area contributed by atoms with Gasteiger partial charge in [-0.15, -0.1) is 0 Å². The molecule has 1 saturated heterocycles. The normalized spacial score (nSPS) is 17.9. The van der Waals surface area contributed by atoms with E-state index in [1.54, 1.807) is 12.1 Å². The molecule has 1 atom stereocenters. The summed E-state index contributed by atoms with van der Waals surface area (Å²) in [5, 5.41) is 6.27. The molecule has 0 aromatic heterocycles. The third kappa shape index (κ3) is 4.70. The monoisotopic (exact) mass is 401 g/mol. The number of carbonyl (C=O) groups is 2. The van der Waals surface area contributed by atoms with Gasteiger partial charge in [0.2, 0.25) is 11.8 Å². The molecule has 0 unspecified atom stereocenters. The maximum atomic E-state index is 12.4. The lowest BCUT2D eigenvalue weighted by atomic mass is 10.1. The van der Waals surface area contributed by atoms with Gasteiger partial charge in [0.15, 0.2) is 5.17 Å². The van der Waals surface area contributed by atoms with Crippen molar-refractivity contribution in [1.29, 1.82) is 0 Å². The standard InChI is InChI=1S/C20H20ClN3O2S/c1-11-5-4-6-16(13(11)3)22-18(25)10-17-19(26)24-20(27-17)23-15-8-7-14(21)9-12(15)2/h4-9,17H,10H2,1-3H3,(H,22,25)(H,23,24,26)/t17-/m0/s1. The van der Waals surface area contributed by atoms with Crippen molar-refractivity contribution in [1.82, 2.24) is 5.32 Å². The van der Waals surface area contributed by atoms with Crippen molar-refractivity contribution >= 4 is 51.7 Å². The van der Waals surface area contributed by atoms with E-state index in [1.165, 1.54) is 11.8 Å². The molecule has 0 saturated carbocycles. The number of carbonyl (C=O) groups excluding carboxylic acids is 2. The first kappa shape index (κ1) is 19.5. The minimum absolute atomic E-state index is 0.0858. The molecule has 1 fully saturated rings. The van der Waals surface area contributed by atoms with E-state index in [0.29, 0.717) is 10.2 Å². The van der Waals surface area contributed by atoms with Gasteiger partial charge in [-0.2, -0.15) is 0 Å². The molecule has 3 rings (SSSR count). The summed E-state index contributed by atoms with van der Waals surface area (Å²) < 4.78 is 0. The van der Waals surface area contributed by atoms with Gasteiger partial charge in [0, 0.05) is 17.1 Å². The topological polar surface area (TPSA) is 70.6 Å². The van der Waals surface area contributed by atoms with Crippen molar-refractivity contribution < 1.29 is 9.59 Å². The summed E-state index contributed by atoms with van der Waals surface area (Å²) in [4.78, 5) is 29.1. The van der Waals surface area contributed by atoms with Crippen molar-refractivity contribution in [3.63, 3.8) is 0 Å². The zero-order valence-corrected chi connectivity index (χ0v) is 16.9. The van der Waals surface area contributed by atoms with E-state index in [4.69, 9.17) is 11.6 Å². The van der Waals surface area contributed by atoms with Gasteiger partial charge in [-0.3, -0.25) is 9.59 Å². The van der Waals surface area contributed by atoms with Crippen LogP contribution in [-0.2, 0) is 9.59 Å². The second-order valence-corrected chi connectivity index (χ2v) is 8.07. The molecular formula is C20H20ClN3O2S. The number of aryl methyl sites for hydroxylation is 2. The van der Waals surface area contributed by atoms with Gasteiger partial charge in [0.1, 0.15) is 5.25 Å². The van der Waals surface area contributed by atoms with E-state index in [1.807, 2.05) is 45.0 Å². The van der Waals surface area contributed by atoms with Crippen LogP contribution < -0.4 is 10.6 Å². The second-order valence-electron chi connectivity index (χ2n) is 6.44. The molecular weight excluding hydrogens is 382 g/mol. The minimum Gasteiger partial charge on any atom is -0.326 e. The van der Waals surface area contributed by atoms with E-state index in [2.05, 4.69) is 15.6 Å². The van der Waals surface area contributed by atoms with Crippen molar-refractivity contribution in [2.24, 2.45) is 4.99 Å². The Morgan fingerprint density at radius 2 is 2.00 bits per heavy atom. The van der Waals surface area contributed by atoms with E-state index < -0.39 is 5.25 Å². The van der Waals surface area contributed by atoms with Crippen molar-refractivity contribution in [2.75, 3.05) is 5.32 Å². The average molecular weight is 402 g/mol. The first-order valence-corrected chi connectivity index (χ1v) is 9.77. The number of aliphatic imine (C=N–C) groups is 1. The summed E-state index contributed by atoms with van der Waals surface area (Å²) in [5.41, 5.74) is 4.56. The van der Waals surface area contributed by atoms with Crippen LogP contribution in [-0.4, -0.2) is 22.2 Å². The fourth-order valence-corrected chi connectivity index (χ4v) is 3.91. The van der Waals surface area contributed by atoms with Crippen molar-refractivity contribution in [3.05, 3.63) is 58.1 Å². The Bertz CT molecular complexity index is 943. The molecule has 140 valence electrons. The van der Waals surface area contributed by atoms with Crippen LogP contribution in [0.2, 0.25) is 5.02 Å². The highest BCUT2D eigenvalue weighted by Gasteiger charge is 2.32. The smallest absolute Gasteiger partial charge is 0.240 e. The lowest BCUT2D eigenvalue weighted by molar-refractivity contribution is -0.122. The minimum atomic E-state index is -0.499. The van der Waals surface area contributed by atoms with Crippen LogP contribution in [0.5, 0.6) is 0 Å². The maximum absolute atomic E-state index is 12.4. The van der Waals surface area contributed by atoms with Crippen LogP contribution in [0.25, 0.3) is 0 Å². The number of amidine groups is 1. The zero-order chi connectivity index (χ0) is 19.6. The molecule has 7 heteroatoms. The van der Waals surface area contributed by atoms with E-state index in [-0.39, 0.29) is 18.2 Å². The Balaban J connectivity index is 1.66. The Morgan fingerprint density at radius 3 is 2.74 bits per heavy atom. The molecule has 27 heavy (non-hydrogen) atoms. The molecule has 0 bridgehead atoms. The summed E-state index contributed by atoms with van der Waals surface area (Å²) in [6.45, 7) is 5.86. The molecule has 2 aromatic rings. The molecule has 1 aliphatic rings. The predicted molar refractivity (Wildman–Crippen MR) is 112 cm³/mol. The Kier molecular flexibility index (Phi) is 5.87. The van der Waals surface area contributed by atoms with Crippen LogP contribution in [0, 0.1) is 20.8 Å². The lowest BCUT2D eigenvalue weighted by Gasteiger charge is -2.11. The summed E-state index contributed by atoms with van der Waals surface area (Å²) >= 11 is 7.22. The van der Waals surface area contributed by atoms with E-state index >= 15 is 0 Å². The van der Waals surface area contributed by atoms with Gasteiger partial charge in [0.05, 0.1) is 5.69 Å². The summed E-state index contributed by atoms with van der Waals surface area (Å²) in [6, 6.07) is 11.1. The quantitative estimate of drug-likeness (QED) is 0.791. The Labute approximate surface area is 167 Å². The third-order valence-corrected chi connectivity index (χ3v) is 5.72. The van der Waals surface area contributed by atoms with Crippen LogP contribution in [0.3, 0.4) is 0 Å². The summed E-state index contributed by atoms with van der Waals surface area (Å²) in [7, 11) is 0. The van der Waals surface area contributed by atoms with Gasteiger partial charge >= 0.3 is 0 Å². The summed E-state index contributed by atoms with van der Waals surface area (Å²) in [5.74, 6) is -0.401. The Hall–Kier alpha value is -2.31. The molecule has 0 aliphatic carbocycles. The highest BCUT2D eigenvalue weighted by atomic mass is 35.5. The zero-order valence-electron chi connectivity index (χ0n) is 15.3.